The van der Waals surface area contributed by atoms with E-state index in [1.165, 1.54) is 0 Å². The zero-order valence-corrected chi connectivity index (χ0v) is 21.9. The molecule has 0 saturated carbocycles. The van der Waals surface area contributed by atoms with Gasteiger partial charge < -0.3 is 4.90 Å². The molecule has 1 aliphatic heterocycles. The number of aromatic nitrogens is 7. The molecule has 1 fully saturated rings. The largest absolute Gasteiger partial charge is 0.354 e. The first-order valence-electron chi connectivity index (χ1n) is 12.8. The number of piperazine rings is 1. The SMILES string of the molecule is Cn1cc(-c2cc(-c3ccc(N4CCN(CC(=O)Cc5ccn(C)n5)CC4)nc3)c3c(C#N)cnn3c2)cn1. The van der Waals surface area contributed by atoms with E-state index in [4.69, 9.17) is 4.98 Å². The summed E-state index contributed by atoms with van der Waals surface area (Å²) in [7, 11) is 3.74. The van der Waals surface area contributed by atoms with Gasteiger partial charge in [0.2, 0.25) is 0 Å². The average Bonchev–Trinajstić information content (AvgIpc) is 3.68. The number of ketones is 1. The first-order chi connectivity index (χ1) is 19.0. The molecule has 0 spiro atoms. The van der Waals surface area contributed by atoms with Crippen LogP contribution in [-0.4, -0.2) is 77.6 Å². The molecule has 0 amide bonds. The summed E-state index contributed by atoms with van der Waals surface area (Å²) in [6.45, 7) is 3.63. The highest BCUT2D eigenvalue weighted by Gasteiger charge is 2.21. The Morgan fingerprint density at radius 2 is 1.79 bits per heavy atom. The van der Waals surface area contributed by atoms with E-state index in [0.717, 1.165) is 65.5 Å². The Labute approximate surface area is 225 Å². The highest BCUT2D eigenvalue weighted by atomic mass is 16.1. The molecule has 0 aromatic carbocycles. The standard InChI is InChI=1S/C28H28N10O/c1-34-6-5-24(33-34)12-25(39)19-36-7-9-37(10-8-36)27-4-3-20(14-30-27)26-11-21(23-16-31-35(2)17-23)18-38-28(26)22(13-29)15-32-38/h3-6,11,14-18H,7-10,12,19H2,1-2H3. The van der Waals surface area contributed by atoms with Crippen molar-refractivity contribution in [1.29, 1.82) is 5.26 Å². The van der Waals surface area contributed by atoms with Gasteiger partial charge >= 0.3 is 0 Å². The molecule has 0 bridgehead atoms. The monoisotopic (exact) mass is 520 g/mol. The van der Waals surface area contributed by atoms with Crippen molar-refractivity contribution >= 4 is 17.1 Å². The van der Waals surface area contributed by atoms with Crippen molar-refractivity contribution in [3.05, 3.63) is 72.7 Å². The zero-order chi connectivity index (χ0) is 26.9. The summed E-state index contributed by atoms with van der Waals surface area (Å²) in [5.74, 6) is 1.08. The molecule has 1 aliphatic rings. The molecule has 11 heteroatoms. The molecule has 39 heavy (non-hydrogen) atoms. The van der Waals surface area contributed by atoms with E-state index < -0.39 is 0 Å². The number of fused-ring (bicyclic) bond motifs is 1. The number of nitriles is 1. The van der Waals surface area contributed by atoms with Crippen LogP contribution in [0.5, 0.6) is 0 Å². The van der Waals surface area contributed by atoms with E-state index in [1.54, 1.807) is 20.1 Å². The summed E-state index contributed by atoms with van der Waals surface area (Å²) in [5.41, 5.74) is 5.80. The van der Waals surface area contributed by atoms with Gasteiger partial charge in [-0.05, 0) is 24.3 Å². The minimum atomic E-state index is 0.182. The van der Waals surface area contributed by atoms with Gasteiger partial charge in [0.1, 0.15) is 11.9 Å². The van der Waals surface area contributed by atoms with Crippen LogP contribution in [0, 0.1) is 11.3 Å². The zero-order valence-electron chi connectivity index (χ0n) is 21.9. The molecule has 0 aliphatic carbocycles. The molecule has 0 unspecified atom stereocenters. The lowest BCUT2D eigenvalue weighted by atomic mass is 10.0. The molecule has 11 nitrogen and oxygen atoms in total. The van der Waals surface area contributed by atoms with Crippen LogP contribution >= 0.6 is 0 Å². The predicted octanol–water partition coefficient (Wildman–Crippen LogP) is 2.34. The van der Waals surface area contributed by atoms with Crippen LogP contribution in [0.15, 0.2) is 61.4 Å². The van der Waals surface area contributed by atoms with Crippen molar-refractivity contribution in [3.8, 4) is 28.3 Å². The van der Waals surface area contributed by atoms with Crippen molar-refractivity contribution in [2.45, 2.75) is 6.42 Å². The van der Waals surface area contributed by atoms with Crippen LogP contribution in [0.25, 0.3) is 27.8 Å². The Hall–Kier alpha value is -4.82. The lowest BCUT2D eigenvalue weighted by Crippen LogP contribution is -2.48. The number of carbonyl (C=O) groups excluding carboxylic acids is 1. The second-order valence-corrected chi connectivity index (χ2v) is 9.87. The summed E-state index contributed by atoms with van der Waals surface area (Å²) in [4.78, 5) is 21.7. The lowest BCUT2D eigenvalue weighted by molar-refractivity contribution is -0.119. The van der Waals surface area contributed by atoms with E-state index in [2.05, 4.69) is 37.2 Å². The summed E-state index contributed by atoms with van der Waals surface area (Å²) < 4.78 is 5.23. The highest BCUT2D eigenvalue weighted by molar-refractivity contribution is 5.87. The van der Waals surface area contributed by atoms with Crippen molar-refractivity contribution in [1.82, 2.24) is 39.1 Å². The smallest absolute Gasteiger partial charge is 0.152 e. The minimum Gasteiger partial charge on any atom is -0.354 e. The Bertz CT molecular complexity index is 1680. The normalized spacial score (nSPS) is 14.1. The number of anilines is 1. The summed E-state index contributed by atoms with van der Waals surface area (Å²) in [5, 5.41) is 22.7. The van der Waals surface area contributed by atoms with Crippen LogP contribution in [0.1, 0.15) is 11.3 Å². The predicted molar refractivity (Wildman–Crippen MR) is 146 cm³/mol. The molecule has 5 aromatic rings. The maximum absolute atomic E-state index is 12.5. The summed E-state index contributed by atoms with van der Waals surface area (Å²) in [6.07, 6.45) is 11.4. The van der Waals surface area contributed by atoms with E-state index in [0.29, 0.717) is 18.5 Å². The lowest BCUT2D eigenvalue weighted by Gasteiger charge is -2.35. The van der Waals surface area contributed by atoms with Gasteiger partial charge in [-0.3, -0.25) is 19.1 Å². The topological polar surface area (TPSA) is 113 Å². The second-order valence-electron chi connectivity index (χ2n) is 9.87. The Morgan fingerprint density at radius 3 is 2.46 bits per heavy atom. The highest BCUT2D eigenvalue weighted by Crippen LogP contribution is 2.32. The Morgan fingerprint density at radius 1 is 0.949 bits per heavy atom. The van der Waals surface area contributed by atoms with Crippen molar-refractivity contribution in [2.24, 2.45) is 14.1 Å². The van der Waals surface area contributed by atoms with Gasteiger partial charge in [-0.2, -0.15) is 20.6 Å². The quantitative estimate of drug-likeness (QED) is 0.321. The van der Waals surface area contributed by atoms with Gasteiger partial charge in [0.05, 0.1) is 42.1 Å². The molecule has 0 N–H and O–H groups in total. The molecule has 6 heterocycles. The molecule has 196 valence electrons. The van der Waals surface area contributed by atoms with E-state index in [9.17, 15) is 10.1 Å². The molecule has 0 atom stereocenters. The number of hydrogen-bond acceptors (Lipinski definition) is 8. The first-order valence-corrected chi connectivity index (χ1v) is 12.8. The summed E-state index contributed by atoms with van der Waals surface area (Å²) >= 11 is 0. The van der Waals surface area contributed by atoms with Gasteiger partial charge in [0.25, 0.3) is 0 Å². The van der Waals surface area contributed by atoms with Crippen molar-refractivity contribution in [3.63, 3.8) is 0 Å². The number of rotatable bonds is 7. The maximum atomic E-state index is 12.5. The maximum Gasteiger partial charge on any atom is 0.152 e. The van der Waals surface area contributed by atoms with Gasteiger partial charge in [0, 0.05) is 87.3 Å². The molecule has 0 radical (unpaired) electrons. The molecule has 6 rings (SSSR count). The van der Waals surface area contributed by atoms with Gasteiger partial charge in [0.15, 0.2) is 5.78 Å². The van der Waals surface area contributed by atoms with Gasteiger partial charge in [-0.15, -0.1) is 0 Å². The van der Waals surface area contributed by atoms with Crippen LogP contribution in [0.4, 0.5) is 5.82 Å². The number of aryl methyl sites for hydroxylation is 2. The van der Waals surface area contributed by atoms with Crippen molar-refractivity contribution < 1.29 is 4.79 Å². The third-order valence-electron chi connectivity index (χ3n) is 7.07. The molecule has 1 saturated heterocycles. The fourth-order valence-corrected chi connectivity index (χ4v) is 5.08. The Kier molecular flexibility index (Phi) is 6.38. The number of Topliss-reactive ketones (excluding diaryl/α,β-unsaturated/α-hetero) is 1. The van der Waals surface area contributed by atoms with Crippen LogP contribution in [-0.2, 0) is 25.3 Å². The van der Waals surface area contributed by atoms with Crippen LogP contribution < -0.4 is 4.90 Å². The summed E-state index contributed by atoms with van der Waals surface area (Å²) in [6, 6.07) is 10.3. The van der Waals surface area contributed by atoms with Gasteiger partial charge in [-0.25, -0.2) is 9.50 Å². The number of carbonyl (C=O) groups is 1. The van der Waals surface area contributed by atoms with E-state index >= 15 is 0 Å². The Balaban J connectivity index is 1.17. The fraction of sp³-hybridized carbons (Fsp3) is 0.286. The third kappa shape index (κ3) is 5.02. The fourth-order valence-electron chi connectivity index (χ4n) is 5.08. The van der Waals surface area contributed by atoms with Crippen molar-refractivity contribution in [2.75, 3.05) is 37.6 Å². The van der Waals surface area contributed by atoms with Gasteiger partial charge in [-0.1, -0.05) is 0 Å². The second kappa shape index (κ2) is 10.2. The molecular weight excluding hydrogens is 492 g/mol. The van der Waals surface area contributed by atoms with Crippen LogP contribution in [0.2, 0.25) is 0 Å². The number of nitrogens with zero attached hydrogens (tertiary/aromatic N) is 10. The average molecular weight is 521 g/mol. The van der Waals surface area contributed by atoms with E-state index in [1.807, 2.05) is 63.3 Å². The minimum absolute atomic E-state index is 0.182. The number of hydrogen-bond donors (Lipinski definition) is 0. The third-order valence-corrected chi connectivity index (χ3v) is 7.07. The molecule has 5 aromatic heterocycles. The first kappa shape index (κ1) is 24.5. The number of pyridine rings is 2. The van der Waals surface area contributed by atoms with Crippen LogP contribution in [0.3, 0.4) is 0 Å². The van der Waals surface area contributed by atoms with E-state index in [-0.39, 0.29) is 5.78 Å². The molecular formula is C28H28N10O.